The molecule has 0 amide bonds. The van der Waals surface area contributed by atoms with E-state index in [1.54, 1.807) is 0 Å². The maximum atomic E-state index is 3.63. The summed E-state index contributed by atoms with van der Waals surface area (Å²) in [5.74, 6) is 0.797. The van der Waals surface area contributed by atoms with E-state index in [0.29, 0.717) is 6.04 Å². The summed E-state index contributed by atoms with van der Waals surface area (Å²) in [6.45, 7) is 9.28. The molecule has 1 saturated heterocycles. The maximum Gasteiger partial charge on any atom is 0.0119 e. The molecule has 72 valence electrons. The maximum absolute atomic E-state index is 3.63. The summed E-state index contributed by atoms with van der Waals surface area (Å²) in [4.78, 5) is 2.42. The minimum atomic E-state index is 0.626. The first-order valence-electron chi connectivity index (χ1n) is 5.04. The quantitative estimate of drug-likeness (QED) is 0.672. The zero-order chi connectivity index (χ0) is 9.14. The molecule has 0 aromatic rings. The Morgan fingerprint density at radius 1 is 1.42 bits per heavy atom. The van der Waals surface area contributed by atoms with Crippen LogP contribution in [0, 0.1) is 5.92 Å². The van der Waals surface area contributed by atoms with Crippen LogP contribution < -0.4 is 5.32 Å². The first kappa shape index (κ1) is 10.0. The van der Waals surface area contributed by atoms with Crippen molar-refractivity contribution >= 4 is 0 Å². The molecule has 12 heavy (non-hydrogen) atoms. The second kappa shape index (κ2) is 4.24. The van der Waals surface area contributed by atoms with Gasteiger partial charge in [-0.25, -0.2) is 0 Å². The molecule has 0 saturated carbocycles. The lowest BCUT2D eigenvalue weighted by Gasteiger charge is -2.36. The molecule has 0 bridgehead atoms. The van der Waals surface area contributed by atoms with Crippen LogP contribution in [-0.2, 0) is 0 Å². The summed E-state index contributed by atoms with van der Waals surface area (Å²) >= 11 is 0. The molecule has 2 heteroatoms. The molecule has 2 atom stereocenters. The molecule has 1 rings (SSSR count). The van der Waals surface area contributed by atoms with E-state index >= 15 is 0 Å². The summed E-state index contributed by atoms with van der Waals surface area (Å²) in [6, 6.07) is 1.36. The molecule has 1 N–H and O–H groups in total. The number of piperidine rings is 1. The summed E-state index contributed by atoms with van der Waals surface area (Å²) in [5, 5.41) is 3.63. The fourth-order valence-electron chi connectivity index (χ4n) is 2.03. The second-order valence-corrected chi connectivity index (χ2v) is 4.46. The molecule has 0 spiro atoms. The minimum absolute atomic E-state index is 0.626. The van der Waals surface area contributed by atoms with Gasteiger partial charge in [0.05, 0.1) is 0 Å². The highest BCUT2D eigenvalue weighted by Gasteiger charge is 2.23. The molecule has 0 unspecified atom stereocenters. The SMILES string of the molecule is CC(C)N[C@@H]1CCN(C)C[C@@H]1C. The van der Waals surface area contributed by atoms with Crippen molar-refractivity contribution in [2.75, 3.05) is 20.1 Å². The molecule has 1 aliphatic heterocycles. The Morgan fingerprint density at radius 2 is 2.08 bits per heavy atom. The van der Waals surface area contributed by atoms with Crippen LogP contribution >= 0.6 is 0 Å². The van der Waals surface area contributed by atoms with Crippen LogP contribution in [0.2, 0.25) is 0 Å². The van der Waals surface area contributed by atoms with Crippen LogP contribution in [0.5, 0.6) is 0 Å². The van der Waals surface area contributed by atoms with Gasteiger partial charge in [0.15, 0.2) is 0 Å². The number of nitrogens with one attached hydrogen (secondary N) is 1. The van der Waals surface area contributed by atoms with Gasteiger partial charge in [0, 0.05) is 18.6 Å². The predicted molar refractivity (Wildman–Crippen MR) is 53.3 cm³/mol. The van der Waals surface area contributed by atoms with Crippen LogP contribution in [0.4, 0.5) is 0 Å². The van der Waals surface area contributed by atoms with Crippen molar-refractivity contribution in [2.45, 2.75) is 39.3 Å². The zero-order valence-electron chi connectivity index (χ0n) is 8.80. The normalized spacial score (nSPS) is 32.8. The Kier molecular flexibility index (Phi) is 3.53. The topological polar surface area (TPSA) is 15.3 Å². The molecule has 0 aromatic heterocycles. The smallest absolute Gasteiger partial charge is 0.0119 e. The lowest BCUT2D eigenvalue weighted by Crippen LogP contribution is -2.48. The highest BCUT2D eigenvalue weighted by molar-refractivity contribution is 4.82. The van der Waals surface area contributed by atoms with Crippen LogP contribution in [0.3, 0.4) is 0 Å². The molecule has 1 fully saturated rings. The van der Waals surface area contributed by atoms with Gasteiger partial charge in [-0.3, -0.25) is 0 Å². The largest absolute Gasteiger partial charge is 0.311 e. The third-order valence-electron chi connectivity index (χ3n) is 2.66. The molecule has 0 aliphatic carbocycles. The summed E-state index contributed by atoms with van der Waals surface area (Å²) < 4.78 is 0. The van der Waals surface area contributed by atoms with Crippen molar-refractivity contribution < 1.29 is 0 Å². The van der Waals surface area contributed by atoms with E-state index in [0.717, 1.165) is 12.0 Å². The summed E-state index contributed by atoms with van der Waals surface area (Å²) in [6.07, 6.45) is 1.30. The minimum Gasteiger partial charge on any atom is -0.311 e. The summed E-state index contributed by atoms with van der Waals surface area (Å²) in [7, 11) is 2.21. The van der Waals surface area contributed by atoms with Gasteiger partial charge in [-0.15, -0.1) is 0 Å². The number of nitrogens with zero attached hydrogens (tertiary/aromatic N) is 1. The Morgan fingerprint density at radius 3 is 2.58 bits per heavy atom. The number of rotatable bonds is 2. The fraction of sp³-hybridized carbons (Fsp3) is 1.00. The molecule has 2 nitrogen and oxygen atoms in total. The van der Waals surface area contributed by atoms with Crippen LogP contribution in [0.15, 0.2) is 0 Å². The number of likely N-dealkylation sites (tertiary alicyclic amines) is 1. The van der Waals surface area contributed by atoms with E-state index in [1.807, 2.05) is 0 Å². The monoisotopic (exact) mass is 170 g/mol. The Balaban J connectivity index is 2.34. The lowest BCUT2D eigenvalue weighted by atomic mass is 9.94. The van der Waals surface area contributed by atoms with Gasteiger partial charge in [0.25, 0.3) is 0 Å². The highest BCUT2D eigenvalue weighted by atomic mass is 15.1. The van der Waals surface area contributed by atoms with Crippen molar-refractivity contribution in [3.8, 4) is 0 Å². The van der Waals surface area contributed by atoms with Gasteiger partial charge >= 0.3 is 0 Å². The van der Waals surface area contributed by atoms with Crippen molar-refractivity contribution in [1.82, 2.24) is 10.2 Å². The van der Waals surface area contributed by atoms with Gasteiger partial charge in [-0.05, 0) is 25.9 Å². The predicted octanol–water partition coefficient (Wildman–Crippen LogP) is 1.32. The number of hydrogen-bond donors (Lipinski definition) is 1. The van der Waals surface area contributed by atoms with Gasteiger partial charge < -0.3 is 10.2 Å². The molecule has 0 aromatic carbocycles. The van der Waals surface area contributed by atoms with E-state index < -0.39 is 0 Å². The standard InChI is InChI=1S/C10H22N2/c1-8(2)11-10-5-6-12(4)7-9(10)3/h8-11H,5-7H2,1-4H3/t9-,10+/m0/s1. The highest BCUT2D eigenvalue weighted by Crippen LogP contribution is 2.15. The van der Waals surface area contributed by atoms with Crippen LogP contribution in [0.25, 0.3) is 0 Å². The van der Waals surface area contributed by atoms with E-state index in [-0.39, 0.29) is 0 Å². The summed E-state index contributed by atoms with van der Waals surface area (Å²) in [5.41, 5.74) is 0. The van der Waals surface area contributed by atoms with Crippen molar-refractivity contribution in [3.05, 3.63) is 0 Å². The second-order valence-electron chi connectivity index (χ2n) is 4.46. The lowest BCUT2D eigenvalue weighted by molar-refractivity contribution is 0.169. The third kappa shape index (κ3) is 2.76. The Hall–Kier alpha value is -0.0800. The van der Waals surface area contributed by atoms with Crippen LogP contribution in [0.1, 0.15) is 27.2 Å². The van der Waals surface area contributed by atoms with Gasteiger partial charge in [0.1, 0.15) is 0 Å². The molecule has 0 radical (unpaired) electrons. The first-order chi connectivity index (χ1) is 5.59. The van der Waals surface area contributed by atoms with Gasteiger partial charge in [-0.2, -0.15) is 0 Å². The fourth-order valence-corrected chi connectivity index (χ4v) is 2.03. The van der Waals surface area contributed by atoms with E-state index in [2.05, 4.69) is 38.0 Å². The van der Waals surface area contributed by atoms with Gasteiger partial charge in [-0.1, -0.05) is 20.8 Å². The average molecular weight is 170 g/mol. The van der Waals surface area contributed by atoms with Crippen molar-refractivity contribution in [3.63, 3.8) is 0 Å². The Labute approximate surface area is 76.3 Å². The number of hydrogen-bond acceptors (Lipinski definition) is 2. The van der Waals surface area contributed by atoms with E-state index in [1.165, 1.54) is 19.5 Å². The molecular formula is C10H22N2. The average Bonchev–Trinajstić information content (AvgIpc) is 1.94. The molecular weight excluding hydrogens is 148 g/mol. The third-order valence-corrected chi connectivity index (χ3v) is 2.66. The zero-order valence-corrected chi connectivity index (χ0v) is 8.80. The van der Waals surface area contributed by atoms with E-state index in [4.69, 9.17) is 0 Å². The molecule has 1 aliphatic rings. The molecule has 1 heterocycles. The Bertz CT molecular complexity index is 134. The van der Waals surface area contributed by atoms with Crippen molar-refractivity contribution in [1.29, 1.82) is 0 Å². The van der Waals surface area contributed by atoms with Crippen molar-refractivity contribution in [2.24, 2.45) is 5.92 Å². The first-order valence-corrected chi connectivity index (χ1v) is 5.04. The van der Waals surface area contributed by atoms with Crippen LogP contribution in [-0.4, -0.2) is 37.1 Å². The van der Waals surface area contributed by atoms with Gasteiger partial charge in [0.2, 0.25) is 0 Å². The van der Waals surface area contributed by atoms with E-state index in [9.17, 15) is 0 Å².